The van der Waals surface area contributed by atoms with E-state index in [4.69, 9.17) is 9.47 Å². The average molecular weight is 359 g/mol. The van der Waals surface area contributed by atoms with Crippen LogP contribution in [-0.4, -0.2) is 31.3 Å². The van der Waals surface area contributed by atoms with Gasteiger partial charge in [-0.25, -0.2) is 0 Å². The predicted octanol–water partition coefficient (Wildman–Crippen LogP) is 2.96. The number of methoxy groups -OCH3 is 1. The van der Waals surface area contributed by atoms with Crippen LogP contribution >= 0.6 is 11.8 Å². The van der Waals surface area contributed by atoms with Gasteiger partial charge in [-0.1, -0.05) is 36.4 Å². The highest BCUT2D eigenvalue weighted by Gasteiger charge is 2.10. The molecule has 0 bridgehead atoms. The number of carbonyl (C=O) groups is 2. The van der Waals surface area contributed by atoms with E-state index in [2.05, 4.69) is 5.32 Å². The Morgan fingerprint density at radius 3 is 2.56 bits per heavy atom. The summed E-state index contributed by atoms with van der Waals surface area (Å²) >= 11 is 1.40. The minimum absolute atomic E-state index is 0.171. The van der Waals surface area contributed by atoms with Crippen molar-refractivity contribution in [3.8, 4) is 5.75 Å². The Morgan fingerprint density at radius 1 is 1.08 bits per heavy atom. The van der Waals surface area contributed by atoms with Crippen LogP contribution in [0.25, 0.3) is 0 Å². The number of esters is 1. The molecule has 2 aromatic rings. The third-order valence-electron chi connectivity index (χ3n) is 3.47. The zero-order valence-electron chi connectivity index (χ0n) is 14.3. The summed E-state index contributed by atoms with van der Waals surface area (Å²) in [5.41, 5.74) is 1.97. The van der Waals surface area contributed by atoms with Crippen molar-refractivity contribution >= 4 is 23.6 Å². The Bertz CT molecular complexity index is 733. The Hall–Kier alpha value is -2.47. The molecular weight excluding hydrogens is 338 g/mol. The maximum atomic E-state index is 11.8. The van der Waals surface area contributed by atoms with Crippen molar-refractivity contribution in [2.45, 2.75) is 18.4 Å². The molecule has 0 aromatic heterocycles. The number of amides is 1. The second-order valence-electron chi connectivity index (χ2n) is 5.30. The highest BCUT2D eigenvalue weighted by Crippen LogP contribution is 2.21. The van der Waals surface area contributed by atoms with Crippen molar-refractivity contribution in [2.24, 2.45) is 0 Å². The summed E-state index contributed by atoms with van der Waals surface area (Å²) in [4.78, 5) is 24.6. The summed E-state index contributed by atoms with van der Waals surface area (Å²) in [6.07, 6.45) is 0. The fourth-order valence-corrected chi connectivity index (χ4v) is 2.96. The number of aryl methyl sites for hydroxylation is 1. The lowest BCUT2D eigenvalue weighted by Gasteiger charge is -2.10. The zero-order valence-corrected chi connectivity index (χ0v) is 15.1. The molecule has 2 rings (SSSR count). The molecule has 0 unspecified atom stereocenters. The monoisotopic (exact) mass is 359 g/mol. The van der Waals surface area contributed by atoms with Crippen LogP contribution in [-0.2, 0) is 20.9 Å². The smallest absolute Gasteiger partial charge is 0.316 e. The molecule has 6 heteroatoms. The Morgan fingerprint density at radius 2 is 1.80 bits per heavy atom. The summed E-state index contributed by atoms with van der Waals surface area (Å²) in [6, 6.07) is 15.2. The van der Waals surface area contributed by atoms with Crippen LogP contribution in [0.2, 0.25) is 0 Å². The van der Waals surface area contributed by atoms with E-state index in [1.165, 1.54) is 11.8 Å². The second kappa shape index (κ2) is 9.74. The van der Waals surface area contributed by atoms with Gasteiger partial charge in [-0.05, 0) is 24.6 Å². The summed E-state index contributed by atoms with van der Waals surface area (Å²) < 4.78 is 10.2. The first-order valence-electron chi connectivity index (χ1n) is 7.83. The molecule has 0 heterocycles. The molecule has 1 amide bonds. The number of hydrogen-bond acceptors (Lipinski definition) is 5. The summed E-state index contributed by atoms with van der Waals surface area (Å²) in [5, 5.41) is 2.71. The molecule has 0 spiro atoms. The Labute approximate surface area is 151 Å². The average Bonchev–Trinajstić information content (AvgIpc) is 2.64. The largest absolute Gasteiger partial charge is 0.496 e. The van der Waals surface area contributed by atoms with Gasteiger partial charge in [0.1, 0.15) is 5.75 Å². The van der Waals surface area contributed by atoms with Gasteiger partial charge in [0.05, 0.1) is 12.9 Å². The molecule has 0 aliphatic carbocycles. The maximum absolute atomic E-state index is 11.8. The Balaban J connectivity index is 1.71. The van der Waals surface area contributed by atoms with Crippen molar-refractivity contribution < 1.29 is 19.1 Å². The van der Waals surface area contributed by atoms with Crippen LogP contribution in [0.5, 0.6) is 5.75 Å². The zero-order chi connectivity index (χ0) is 18.1. The number of nitrogens with one attached hydrogen (secondary N) is 1. The first-order valence-corrected chi connectivity index (χ1v) is 8.81. The van der Waals surface area contributed by atoms with E-state index in [9.17, 15) is 9.59 Å². The number of para-hydroxylation sites is 1. The van der Waals surface area contributed by atoms with E-state index in [-0.39, 0.29) is 18.3 Å². The van der Waals surface area contributed by atoms with E-state index in [0.29, 0.717) is 12.3 Å². The van der Waals surface area contributed by atoms with E-state index in [1.807, 2.05) is 55.5 Å². The van der Waals surface area contributed by atoms with Gasteiger partial charge in [-0.15, -0.1) is 11.8 Å². The number of carbonyl (C=O) groups excluding carboxylic acids is 2. The van der Waals surface area contributed by atoms with Gasteiger partial charge in [-0.3, -0.25) is 9.59 Å². The van der Waals surface area contributed by atoms with Crippen LogP contribution in [0.1, 0.15) is 11.1 Å². The summed E-state index contributed by atoms with van der Waals surface area (Å²) in [7, 11) is 1.58. The van der Waals surface area contributed by atoms with Crippen molar-refractivity contribution in [1.29, 1.82) is 0 Å². The highest BCUT2D eigenvalue weighted by atomic mass is 32.2. The SMILES string of the molecule is COc1ccccc1CNC(=O)COC(=O)CSc1ccccc1C. The molecule has 0 saturated heterocycles. The molecular formula is C19H21NO4S. The van der Waals surface area contributed by atoms with Crippen LogP contribution < -0.4 is 10.1 Å². The molecule has 0 aliphatic rings. The maximum Gasteiger partial charge on any atom is 0.316 e. The first-order chi connectivity index (χ1) is 12.1. The third kappa shape index (κ3) is 6.15. The molecule has 132 valence electrons. The van der Waals surface area contributed by atoms with Crippen molar-refractivity contribution in [2.75, 3.05) is 19.5 Å². The van der Waals surface area contributed by atoms with E-state index < -0.39 is 5.97 Å². The number of hydrogen-bond donors (Lipinski definition) is 1. The normalized spacial score (nSPS) is 10.2. The van der Waals surface area contributed by atoms with Crippen LogP contribution in [0.4, 0.5) is 0 Å². The second-order valence-corrected chi connectivity index (χ2v) is 6.32. The third-order valence-corrected chi connectivity index (χ3v) is 4.62. The molecule has 0 aliphatic heterocycles. The number of thioether (sulfide) groups is 1. The first kappa shape index (κ1) is 18.9. The van der Waals surface area contributed by atoms with Crippen LogP contribution in [0, 0.1) is 6.92 Å². The quantitative estimate of drug-likeness (QED) is 0.580. The fourth-order valence-electron chi connectivity index (χ4n) is 2.14. The lowest BCUT2D eigenvalue weighted by molar-refractivity contribution is -0.145. The standard InChI is InChI=1S/C19H21NO4S/c1-14-7-3-6-10-17(14)25-13-19(22)24-12-18(21)20-11-15-8-4-5-9-16(15)23-2/h3-10H,11-13H2,1-2H3,(H,20,21). The fraction of sp³-hybridized carbons (Fsp3) is 0.263. The van der Waals surface area contributed by atoms with Gasteiger partial charge >= 0.3 is 5.97 Å². The van der Waals surface area contributed by atoms with Crippen LogP contribution in [0.3, 0.4) is 0 Å². The minimum atomic E-state index is -0.416. The molecule has 0 saturated carbocycles. The van der Waals surface area contributed by atoms with Crippen molar-refractivity contribution in [3.63, 3.8) is 0 Å². The molecule has 25 heavy (non-hydrogen) atoms. The highest BCUT2D eigenvalue weighted by molar-refractivity contribution is 8.00. The van der Waals surface area contributed by atoms with Gasteiger partial charge in [-0.2, -0.15) is 0 Å². The van der Waals surface area contributed by atoms with Crippen molar-refractivity contribution in [1.82, 2.24) is 5.32 Å². The van der Waals surface area contributed by atoms with Gasteiger partial charge in [0, 0.05) is 17.0 Å². The number of rotatable bonds is 8. The lowest BCUT2D eigenvalue weighted by Crippen LogP contribution is -2.28. The van der Waals surface area contributed by atoms with E-state index in [0.717, 1.165) is 16.0 Å². The number of benzene rings is 2. The molecule has 0 atom stereocenters. The lowest BCUT2D eigenvalue weighted by atomic mass is 10.2. The molecule has 2 aromatic carbocycles. The Kier molecular flexibility index (Phi) is 7.35. The van der Waals surface area contributed by atoms with E-state index in [1.54, 1.807) is 7.11 Å². The molecule has 0 radical (unpaired) electrons. The molecule has 5 nitrogen and oxygen atoms in total. The summed E-state index contributed by atoms with van der Waals surface area (Å²) in [6.45, 7) is 2.01. The predicted molar refractivity (Wildman–Crippen MR) is 97.7 cm³/mol. The molecule has 1 N–H and O–H groups in total. The minimum Gasteiger partial charge on any atom is -0.496 e. The summed E-state index contributed by atoms with van der Waals surface area (Å²) in [5.74, 6) is 0.111. The van der Waals surface area contributed by atoms with Crippen molar-refractivity contribution in [3.05, 3.63) is 59.7 Å². The van der Waals surface area contributed by atoms with Gasteiger partial charge in [0.2, 0.25) is 0 Å². The van der Waals surface area contributed by atoms with E-state index >= 15 is 0 Å². The number of ether oxygens (including phenoxy) is 2. The van der Waals surface area contributed by atoms with Gasteiger partial charge < -0.3 is 14.8 Å². The van der Waals surface area contributed by atoms with Crippen LogP contribution in [0.15, 0.2) is 53.4 Å². The topological polar surface area (TPSA) is 64.6 Å². The molecule has 0 fully saturated rings. The van der Waals surface area contributed by atoms with Gasteiger partial charge in [0.25, 0.3) is 5.91 Å². The van der Waals surface area contributed by atoms with Gasteiger partial charge in [0.15, 0.2) is 6.61 Å².